The molecule has 2 aromatic carbocycles. The van der Waals surface area contributed by atoms with Crippen molar-refractivity contribution in [3.63, 3.8) is 0 Å². The Bertz CT molecular complexity index is 900. The molecule has 1 saturated carbocycles. The highest BCUT2D eigenvalue weighted by atomic mass is 19.3. The van der Waals surface area contributed by atoms with Gasteiger partial charge in [-0.2, -0.15) is 0 Å². The third-order valence-corrected chi connectivity index (χ3v) is 5.49. The van der Waals surface area contributed by atoms with E-state index in [9.17, 15) is 18.4 Å². The molecule has 0 bridgehead atoms. The number of aliphatic hydroxyl groups excluding tert-OH is 1. The van der Waals surface area contributed by atoms with E-state index in [0.717, 1.165) is 17.9 Å². The summed E-state index contributed by atoms with van der Waals surface area (Å²) in [5.41, 5.74) is 1.60. The first kappa shape index (κ1) is 24.6. The predicted molar refractivity (Wildman–Crippen MR) is 120 cm³/mol. The molecule has 1 aliphatic carbocycles. The molecule has 0 saturated heterocycles. The number of carbonyl (C=O) groups is 2. The topological polar surface area (TPSA) is 87.7 Å². The van der Waals surface area contributed by atoms with Crippen molar-refractivity contribution in [1.29, 1.82) is 0 Å². The van der Waals surface area contributed by atoms with Crippen molar-refractivity contribution in [1.82, 2.24) is 10.6 Å². The fourth-order valence-corrected chi connectivity index (χ4v) is 3.43. The highest BCUT2D eigenvalue weighted by Gasteiger charge is 2.22. The van der Waals surface area contributed by atoms with Gasteiger partial charge in [-0.15, -0.1) is 0 Å². The molecule has 2 amide bonds. The van der Waals surface area contributed by atoms with E-state index >= 15 is 0 Å². The summed E-state index contributed by atoms with van der Waals surface area (Å²) in [6, 6.07) is 12.4. The summed E-state index contributed by atoms with van der Waals surface area (Å²) in [5.74, 6) is 0.616. The number of nitrogens with one attached hydrogen (secondary N) is 2. The first-order valence-corrected chi connectivity index (χ1v) is 11.2. The minimum absolute atomic E-state index is 0.0609. The lowest BCUT2D eigenvalue weighted by molar-refractivity contribution is -0.123. The number of amides is 2. The van der Waals surface area contributed by atoms with Crippen molar-refractivity contribution >= 4 is 11.8 Å². The van der Waals surface area contributed by atoms with Gasteiger partial charge in [0, 0.05) is 24.9 Å². The first-order valence-electron chi connectivity index (χ1n) is 11.2. The third kappa shape index (κ3) is 8.46. The summed E-state index contributed by atoms with van der Waals surface area (Å²) in [6.07, 6.45) is 1.00. The summed E-state index contributed by atoms with van der Waals surface area (Å²) in [7, 11) is 0. The van der Waals surface area contributed by atoms with Gasteiger partial charge in [-0.3, -0.25) is 9.59 Å². The molecule has 3 rings (SSSR count). The fourth-order valence-electron chi connectivity index (χ4n) is 3.43. The molecule has 33 heavy (non-hydrogen) atoms. The minimum Gasteiger partial charge on any atom is -0.494 e. The number of hydrogen-bond acceptors (Lipinski definition) is 4. The monoisotopic (exact) mass is 460 g/mol. The lowest BCUT2D eigenvalue weighted by Gasteiger charge is -2.19. The predicted octanol–water partition coefficient (Wildman–Crippen LogP) is 3.12. The Morgan fingerprint density at radius 2 is 1.64 bits per heavy atom. The summed E-state index contributed by atoms with van der Waals surface area (Å²) < 4.78 is 30.8. The summed E-state index contributed by atoms with van der Waals surface area (Å²) in [5, 5.41) is 14.3. The average molecular weight is 461 g/mol. The van der Waals surface area contributed by atoms with Crippen molar-refractivity contribution in [3.05, 3.63) is 65.2 Å². The van der Waals surface area contributed by atoms with E-state index in [1.165, 1.54) is 12.8 Å². The second-order valence-corrected chi connectivity index (χ2v) is 8.26. The SMILES string of the molecule is O=C(NC(Cc1ccc(CC(F)F)cc1)C(=O)NCCO)c1ccc(OCCC2CC2)cc1. The van der Waals surface area contributed by atoms with Crippen molar-refractivity contribution in [3.8, 4) is 5.75 Å². The quantitative estimate of drug-likeness (QED) is 0.429. The molecule has 3 N–H and O–H groups in total. The molecule has 2 aromatic rings. The van der Waals surface area contributed by atoms with Crippen molar-refractivity contribution < 1.29 is 28.2 Å². The molecular formula is C25H30F2N2O4. The van der Waals surface area contributed by atoms with Crippen LogP contribution in [0.25, 0.3) is 0 Å². The van der Waals surface area contributed by atoms with E-state index in [4.69, 9.17) is 9.84 Å². The van der Waals surface area contributed by atoms with Crippen LogP contribution in [0.5, 0.6) is 5.75 Å². The largest absolute Gasteiger partial charge is 0.494 e. The number of hydrogen-bond donors (Lipinski definition) is 3. The molecule has 6 nitrogen and oxygen atoms in total. The molecule has 1 fully saturated rings. The van der Waals surface area contributed by atoms with E-state index in [1.807, 2.05) is 0 Å². The first-order chi connectivity index (χ1) is 15.9. The Hall–Kier alpha value is -3.00. The molecule has 0 radical (unpaired) electrons. The molecule has 1 atom stereocenters. The highest BCUT2D eigenvalue weighted by Crippen LogP contribution is 2.32. The number of alkyl halides is 2. The van der Waals surface area contributed by atoms with E-state index < -0.39 is 24.3 Å². The normalized spacial score (nSPS) is 14.1. The molecule has 178 valence electrons. The average Bonchev–Trinajstić information content (AvgIpc) is 3.62. The maximum Gasteiger partial charge on any atom is 0.251 e. The number of benzene rings is 2. The van der Waals surface area contributed by atoms with Crippen LogP contribution in [0.15, 0.2) is 48.5 Å². The smallest absolute Gasteiger partial charge is 0.251 e. The molecular weight excluding hydrogens is 430 g/mol. The second kappa shape index (κ2) is 12.3. The van der Waals surface area contributed by atoms with E-state index in [2.05, 4.69) is 10.6 Å². The maximum absolute atomic E-state index is 12.8. The fraction of sp³-hybridized carbons (Fsp3) is 0.440. The van der Waals surface area contributed by atoms with Crippen LogP contribution < -0.4 is 15.4 Å². The maximum atomic E-state index is 12.8. The van der Waals surface area contributed by atoms with Gasteiger partial charge in [0.05, 0.1) is 13.2 Å². The van der Waals surface area contributed by atoms with Crippen molar-refractivity contribution in [2.45, 2.75) is 44.6 Å². The summed E-state index contributed by atoms with van der Waals surface area (Å²) in [4.78, 5) is 25.3. The summed E-state index contributed by atoms with van der Waals surface area (Å²) >= 11 is 0. The van der Waals surface area contributed by atoms with E-state index in [1.54, 1.807) is 48.5 Å². The van der Waals surface area contributed by atoms with Gasteiger partial charge in [-0.1, -0.05) is 37.1 Å². The molecule has 8 heteroatoms. The van der Waals surface area contributed by atoms with Crippen molar-refractivity contribution in [2.24, 2.45) is 5.92 Å². The Labute approximate surface area is 192 Å². The second-order valence-electron chi connectivity index (χ2n) is 8.26. The van der Waals surface area contributed by atoms with Crippen LogP contribution in [0.3, 0.4) is 0 Å². The van der Waals surface area contributed by atoms with Gasteiger partial charge in [-0.25, -0.2) is 8.78 Å². The lowest BCUT2D eigenvalue weighted by Crippen LogP contribution is -2.48. The molecule has 1 unspecified atom stereocenters. The standard InChI is InChI=1S/C25H30F2N2O4/c26-23(27)16-19-5-3-18(4-6-19)15-22(25(32)28-12-13-30)29-24(31)20-7-9-21(10-8-20)33-14-11-17-1-2-17/h3-10,17,22-23,30H,1-2,11-16H2,(H,28,32)(H,29,31). The number of rotatable bonds is 13. The van der Waals surface area contributed by atoms with Gasteiger partial charge in [0.1, 0.15) is 11.8 Å². The number of carbonyl (C=O) groups excluding carboxylic acids is 2. The molecule has 0 aliphatic heterocycles. The number of halogens is 2. The number of ether oxygens (including phenoxy) is 1. The van der Waals surface area contributed by atoms with E-state index in [0.29, 0.717) is 23.5 Å². The van der Waals surface area contributed by atoms with Gasteiger partial charge in [-0.05, 0) is 47.7 Å². The van der Waals surface area contributed by atoms with Crippen LogP contribution in [0.2, 0.25) is 0 Å². The highest BCUT2D eigenvalue weighted by molar-refractivity contribution is 5.97. The van der Waals surface area contributed by atoms with Crippen LogP contribution >= 0.6 is 0 Å². The van der Waals surface area contributed by atoms with Crippen LogP contribution in [-0.4, -0.2) is 49.1 Å². The zero-order valence-electron chi connectivity index (χ0n) is 18.4. The molecule has 0 heterocycles. The van der Waals surface area contributed by atoms with Gasteiger partial charge in [0.15, 0.2) is 0 Å². The van der Waals surface area contributed by atoms with Crippen LogP contribution in [0.1, 0.15) is 40.7 Å². The van der Waals surface area contributed by atoms with Gasteiger partial charge in [0.25, 0.3) is 5.91 Å². The van der Waals surface area contributed by atoms with Crippen LogP contribution in [-0.2, 0) is 17.6 Å². The van der Waals surface area contributed by atoms with Gasteiger partial charge >= 0.3 is 0 Å². The molecule has 1 aliphatic rings. The van der Waals surface area contributed by atoms with Crippen LogP contribution in [0, 0.1) is 5.92 Å². The zero-order chi connectivity index (χ0) is 23.6. The van der Waals surface area contributed by atoms with Crippen LogP contribution in [0.4, 0.5) is 8.78 Å². The lowest BCUT2D eigenvalue weighted by atomic mass is 10.0. The Morgan fingerprint density at radius 3 is 2.21 bits per heavy atom. The Morgan fingerprint density at radius 1 is 1.00 bits per heavy atom. The number of aliphatic hydroxyl groups is 1. The van der Waals surface area contributed by atoms with Gasteiger partial charge < -0.3 is 20.5 Å². The van der Waals surface area contributed by atoms with Crippen molar-refractivity contribution in [2.75, 3.05) is 19.8 Å². The van der Waals surface area contributed by atoms with E-state index in [-0.39, 0.29) is 26.0 Å². The Kier molecular flexibility index (Phi) is 9.18. The summed E-state index contributed by atoms with van der Waals surface area (Å²) in [6.45, 7) is 0.488. The zero-order valence-corrected chi connectivity index (χ0v) is 18.4. The molecule has 0 spiro atoms. The third-order valence-electron chi connectivity index (χ3n) is 5.49. The molecule has 0 aromatic heterocycles. The Balaban J connectivity index is 1.60. The minimum atomic E-state index is -2.43. The van der Waals surface area contributed by atoms with Gasteiger partial charge in [0.2, 0.25) is 12.3 Å².